The van der Waals surface area contributed by atoms with Crippen molar-refractivity contribution in [1.82, 2.24) is 4.98 Å². The molecular weight excluding hydrogens is 383 g/mol. The summed E-state index contributed by atoms with van der Waals surface area (Å²) in [5.41, 5.74) is 1.67. The van der Waals surface area contributed by atoms with E-state index in [4.69, 9.17) is 23.2 Å². The summed E-state index contributed by atoms with van der Waals surface area (Å²) in [6.45, 7) is 1.96. The fourth-order valence-corrected chi connectivity index (χ4v) is 5.09. The van der Waals surface area contributed by atoms with E-state index in [2.05, 4.69) is 10.3 Å². The summed E-state index contributed by atoms with van der Waals surface area (Å²) in [4.78, 5) is 16.8. The van der Waals surface area contributed by atoms with Crippen LogP contribution < -0.4 is 5.32 Å². The summed E-state index contributed by atoms with van der Waals surface area (Å²) in [6, 6.07) is 5.40. The minimum absolute atomic E-state index is 0.0157. The van der Waals surface area contributed by atoms with Gasteiger partial charge >= 0.3 is 0 Å². The average Bonchev–Trinajstić information content (AvgIpc) is 3.22. The third-order valence-electron chi connectivity index (χ3n) is 4.02. The Balaban J connectivity index is 1.62. The average molecular weight is 401 g/mol. The lowest BCUT2D eigenvalue weighted by Crippen LogP contribution is -2.24. The number of hydrogen-bond acceptors (Lipinski definition) is 4. The molecule has 0 spiro atoms. The molecule has 1 aromatic heterocycles. The van der Waals surface area contributed by atoms with E-state index in [1.165, 1.54) is 37.0 Å². The molecule has 1 saturated carbocycles. The Bertz CT molecular complexity index is 729. The fourth-order valence-electron chi connectivity index (χ4n) is 2.70. The molecule has 1 atom stereocenters. The highest BCUT2D eigenvalue weighted by Crippen LogP contribution is 2.33. The molecule has 1 heterocycles. The van der Waals surface area contributed by atoms with E-state index in [9.17, 15) is 4.79 Å². The molecule has 0 radical (unpaired) electrons. The molecule has 1 aromatic carbocycles. The molecule has 1 N–H and O–H groups in total. The molecule has 24 heavy (non-hydrogen) atoms. The highest BCUT2D eigenvalue weighted by molar-refractivity contribution is 8.01. The Morgan fingerprint density at radius 3 is 2.79 bits per heavy atom. The molecule has 0 aliphatic heterocycles. The first-order valence-electron chi connectivity index (χ1n) is 7.90. The minimum Gasteiger partial charge on any atom is -0.301 e. The predicted molar refractivity (Wildman–Crippen MR) is 106 cm³/mol. The number of carbonyl (C=O) groups excluding carboxylic acids is 1. The summed E-state index contributed by atoms with van der Waals surface area (Å²) >= 11 is 15.2. The number of nitrogens with zero attached hydrogens (tertiary/aromatic N) is 1. The second kappa shape index (κ2) is 8.09. The van der Waals surface area contributed by atoms with Gasteiger partial charge in [-0.05, 0) is 31.9 Å². The number of thioether (sulfide) groups is 1. The molecule has 1 amide bonds. The number of halogens is 2. The van der Waals surface area contributed by atoms with Gasteiger partial charge in [-0.25, -0.2) is 4.98 Å². The fraction of sp³-hybridized carbons (Fsp3) is 0.412. The highest BCUT2D eigenvalue weighted by Gasteiger charge is 2.23. The van der Waals surface area contributed by atoms with Gasteiger partial charge in [-0.15, -0.1) is 23.1 Å². The summed E-state index contributed by atoms with van der Waals surface area (Å²) in [6.07, 6.45) is 5.01. The first-order chi connectivity index (χ1) is 11.5. The maximum absolute atomic E-state index is 12.3. The van der Waals surface area contributed by atoms with Crippen LogP contribution in [0.3, 0.4) is 0 Å². The van der Waals surface area contributed by atoms with Crippen molar-refractivity contribution in [2.24, 2.45) is 0 Å². The summed E-state index contributed by atoms with van der Waals surface area (Å²) in [5, 5.41) is 7.00. The second-order valence-corrected chi connectivity index (χ2v) is 9.16. The highest BCUT2D eigenvalue weighted by atomic mass is 35.5. The van der Waals surface area contributed by atoms with E-state index in [1.807, 2.05) is 18.4 Å². The Hall–Kier alpha value is -0.750. The third-order valence-corrected chi connectivity index (χ3v) is 6.99. The van der Waals surface area contributed by atoms with Crippen LogP contribution in [0.4, 0.5) is 5.13 Å². The zero-order valence-corrected chi connectivity index (χ0v) is 16.4. The van der Waals surface area contributed by atoms with E-state index in [1.54, 1.807) is 23.9 Å². The molecule has 2 aromatic rings. The largest absolute Gasteiger partial charge is 0.301 e. The van der Waals surface area contributed by atoms with Crippen molar-refractivity contribution in [3.8, 4) is 11.3 Å². The number of benzene rings is 1. The summed E-state index contributed by atoms with van der Waals surface area (Å²) in [5.74, 6) is 0.0157. The van der Waals surface area contributed by atoms with Gasteiger partial charge < -0.3 is 5.32 Å². The molecule has 3 rings (SSSR count). The van der Waals surface area contributed by atoms with Crippen molar-refractivity contribution in [3.63, 3.8) is 0 Å². The first-order valence-corrected chi connectivity index (χ1v) is 10.5. The van der Waals surface area contributed by atoms with Gasteiger partial charge in [0, 0.05) is 16.2 Å². The molecule has 1 fully saturated rings. The molecule has 0 bridgehead atoms. The van der Waals surface area contributed by atoms with Gasteiger partial charge in [0.05, 0.1) is 21.0 Å². The van der Waals surface area contributed by atoms with E-state index in [0.717, 1.165) is 11.3 Å². The van der Waals surface area contributed by atoms with Gasteiger partial charge in [-0.2, -0.15) is 0 Å². The van der Waals surface area contributed by atoms with Crippen LogP contribution in [0.15, 0.2) is 23.6 Å². The van der Waals surface area contributed by atoms with E-state index >= 15 is 0 Å². The van der Waals surface area contributed by atoms with Crippen LogP contribution in [-0.2, 0) is 4.79 Å². The van der Waals surface area contributed by atoms with E-state index < -0.39 is 0 Å². The zero-order chi connectivity index (χ0) is 17.1. The van der Waals surface area contributed by atoms with Crippen LogP contribution in [0, 0.1) is 0 Å². The van der Waals surface area contributed by atoms with Crippen LogP contribution in [0.25, 0.3) is 11.3 Å². The Morgan fingerprint density at radius 2 is 2.08 bits per heavy atom. The summed E-state index contributed by atoms with van der Waals surface area (Å²) in [7, 11) is 0. The number of nitrogens with one attached hydrogen (secondary N) is 1. The summed E-state index contributed by atoms with van der Waals surface area (Å²) < 4.78 is 0. The van der Waals surface area contributed by atoms with Crippen molar-refractivity contribution < 1.29 is 4.79 Å². The topological polar surface area (TPSA) is 42.0 Å². The van der Waals surface area contributed by atoms with Crippen LogP contribution in [0.1, 0.15) is 32.6 Å². The normalized spacial score (nSPS) is 16.3. The number of anilines is 1. The zero-order valence-electron chi connectivity index (χ0n) is 13.2. The molecule has 128 valence electrons. The minimum atomic E-state index is -0.0644. The van der Waals surface area contributed by atoms with E-state index in [-0.39, 0.29) is 11.2 Å². The first kappa shape index (κ1) is 18.1. The maximum atomic E-state index is 12.3. The molecule has 1 unspecified atom stereocenters. The number of rotatable bonds is 5. The number of carbonyl (C=O) groups is 1. The monoisotopic (exact) mass is 400 g/mol. The van der Waals surface area contributed by atoms with Crippen LogP contribution >= 0.6 is 46.3 Å². The molecule has 0 saturated heterocycles. The quantitative estimate of drug-likeness (QED) is 0.656. The lowest BCUT2D eigenvalue weighted by atomic mass is 10.2. The van der Waals surface area contributed by atoms with Gasteiger partial charge in [-0.3, -0.25) is 4.79 Å². The van der Waals surface area contributed by atoms with Gasteiger partial charge in [0.1, 0.15) is 0 Å². The Morgan fingerprint density at radius 1 is 1.33 bits per heavy atom. The maximum Gasteiger partial charge on any atom is 0.238 e. The number of aromatic nitrogens is 1. The van der Waals surface area contributed by atoms with Crippen LogP contribution in [0.2, 0.25) is 10.0 Å². The van der Waals surface area contributed by atoms with Gasteiger partial charge in [0.15, 0.2) is 5.13 Å². The van der Waals surface area contributed by atoms with Crippen molar-refractivity contribution in [3.05, 3.63) is 33.6 Å². The molecule has 3 nitrogen and oxygen atoms in total. The lowest BCUT2D eigenvalue weighted by molar-refractivity contribution is -0.115. The number of thiazole rings is 1. The van der Waals surface area contributed by atoms with Crippen LogP contribution in [0.5, 0.6) is 0 Å². The Labute approximate surface area is 160 Å². The van der Waals surface area contributed by atoms with Gasteiger partial charge in [0.25, 0.3) is 0 Å². The molecular formula is C17H18Cl2N2OS2. The third kappa shape index (κ3) is 4.45. The van der Waals surface area contributed by atoms with Gasteiger partial charge in [-0.1, -0.05) is 42.1 Å². The number of hydrogen-bond donors (Lipinski definition) is 1. The predicted octanol–water partition coefficient (Wildman–Crippen LogP) is 6.12. The molecule has 1 aliphatic carbocycles. The number of amides is 1. The van der Waals surface area contributed by atoms with Crippen LogP contribution in [-0.4, -0.2) is 21.4 Å². The molecule has 7 heteroatoms. The molecule has 1 aliphatic rings. The Kier molecular flexibility index (Phi) is 6.08. The smallest absolute Gasteiger partial charge is 0.238 e. The second-order valence-electron chi connectivity index (χ2n) is 5.84. The van der Waals surface area contributed by atoms with Gasteiger partial charge in [0.2, 0.25) is 5.91 Å². The lowest BCUT2D eigenvalue weighted by Gasteiger charge is -2.14. The van der Waals surface area contributed by atoms with Crippen molar-refractivity contribution >= 4 is 57.3 Å². The van der Waals surface area contributed by atoms with Crippen molar-refractivity contribution in [2.45, 2.75) is 43.1 Å². The van der Waals surface area contributed by atoms with Crippen molar-refractivity contribution in [2.75, 3.05) is 5.32 Å². The SMILES string of the molecule is CC(SC1CCCC1)C(=O)Nc1nc(-c2ccc(Cl)c(Cl)c2)cs1. The van der Waals surface area contributed by atoms with E-state index in [0.29, 0.717) is 20.4 Å². The standard InChI is InChI=1S/C17H18Cl2N2OS2/c1-10(24-12-4-2-3-5-12)16(22)21-17-20-15(9-23-17)11-6-7-13(18)14(19)8-11/h6-10,12H,2-5H2,1H3,(H,20,21,22). The van der Waals surface area contributed by atoms with Crippen molar-refractivity contribution in [1.29, 1.82) is 0 Å².